The van der Waals surface area contributed by atoms with Crippen molar-refractivity contribution in [2.75, 3.05) is 0 Å². The molecule has 0 radical (unpaired) electrons. The molecule has 0 aliphatic carbocycles. The third-order valence-electron chi connectivity index (χ3n) is 1.34. The van der Waals surface area contributed by atoms with Crippen LogP contribution < -0.4 is 0 Å². The van der Waals surface area contributed by atoms with Gasteiger partial charge < -0.3 is 5.11 Å². The minimum atomic E-state index is -4.67. The highest BCUT2D eigenvalue weighted by atomic mass is 35.5. The average Bonchev–Trinajstić information content (AvgIpc) is 1.99. The topological polar surface area (TPSA) is 63.1 Å². The molecule has 1 aromatic heterocycles. The molecule has 0 bridgehead atoms. The zero-order valence-corrected chi connectivity index (χ0v) is 7.80. The predicted molar refractivity (Wildman–Crippen MR) is 43.4 cm³/mol. The number of aliphatic carboxylic acids is 1. The smallest absolute Gasteiger partial charge is 0.433 e. The van der Waals surface area contributed by atoms with E-state index in [1.807, 2.05) is 0 Å². The Labute approximate surface area is 86.7 Å². The first-order chi connectivity index (χ1) is 6.79. The number of rotatable bonds is 2. The summed E-state index contributed by atoms with van der Waals surface area (Å²) in [6.45, 7) is 0. The summed E-state index contributed by atoms with van der Waals surface area (Å²) in [6, 6.07) is 0.535. The van der Waals surface area contributed by atoms with E-state index in [1.165, 1.54) is 0 Å². The predicted octanol–water partition coefficient (Wildman–Crippen LogP) is 1.78. The van der Waals surface area contributed by atoms with Gasteiger partial charge in [0.1, 0.15) is 23.1 Å². The van der Waals surface area contributed by atoms with E-state index in [0.29, 0.717) is 6.07 Å². The number of carboxylic acids is 1. The Morgan fingerprint density at radius 3 is 2.53 bits per heavy atom. The van der Waals surface area contributed by atoms with Crippen molar-refractivity contribution < 1.29 is 23.1 Å². The first kappa shape index (κ1) is 11.7. The average molecular weight is 241 g/mol. The van der Waals surface area contributed by atoms with Gasteiger partial charge in [-0.3, -0.25) is 4.79 Å². The molecule has 4 nitrogen and oxygen atoms in total. The molecule has 0 amide bonds. The molecule has 1 rings (SSSR count). The Bertz CT molecular complexity index is 394. The molecule has 1 N–H and O–H groups in total. The van der Waals surface area contributed by atoms with Crippen LogP contribution in [0.5, 0.6) is 0 Å². The number of carbonyl (C=O) groups is 1. The normalized spacial score (nSPS) is 11.5. The van der Waals surface area contributed by atoms with Crippen LogP contribution in [0, 0.1) is 0 Å². The second kappa shape index (κ2) is 4.01. The largest absolute Gasteiger partial charge is 0.481 e. The fourth-order valence-electron chi connectivity index (χ4n) is 0.824. The van der Waals surface area contributed by atoms with Crippen LogP contribution in [0.3, 0.4) is 0 Å². The number of hydrogen-bond donors (Lipinski definition) is 1. The van der Waals surface area contributed by atoms with Gasteiger partial charge in [0.05, 0.1) is 0 Å². The summed E-state index contributed by atoms with van der Waals surface area (Å²) in [5.41, 5.74) is -1.25. The summed E-state index contributed by atoms with van der Waals surface area (Å²) in [4.78, 5) is 16.6. The van der Waals surface area contributed by atoms with Crippen LogP contribution in [0.2, 0.25) is 5.15 Å². The van der Waals surface area contributed by atoms with Crippen LogP contribution in [0.4, 0.5) is 13.2 Å². The van der Waals surface area contributed by atoms with Crippen LogP contribution in [-0.2, 0) is 17.4 Å². The van der Waals surface area contributed by atoms with Gasteiger partial charge in [-0.2, -0.15) is 13.2 Å². The Hall–Kier alpha value is -1.37. The van der Waals surface area contributed by atoms with E-state index in [0.717, 1.165) is 0 Å². The number of alkyl halides is 3. The third kappa shape index (κ3) is 3.35. The number of carboxylic acid groups (broad SMARTS) is 1. The maximum absolute atomic E-state index is 12.2. The Balaban J connectivity index is 3.11. The number of nitrogens with zero attached hydrogens (tertiary/aromatic N) is 2. The van der Waals surface area contributed by atoms with Crippen LogP contribution in [0.25, 0.3) is 0 Å². The lowest BCUT2D eigenvalue weighted by Gasteiger charge is -2.06. The summed E-state index contributed by atoms with van der Waals surface area (Å²) >= 11 is 5.30. The number of hydrogen-bond acceptors (Lipinski definition) is 3. The summed E-state index contributed by atoms with van der Waals surface area (Å²) in [7, 11) is 0. The molecule has 0 aromatic carbocycles. The molecule has 0 atom stereocenters. The van der Waals surface area contributed by atoms with Gasteiger partial charge in [-0.1, -0.05) is 11.6 Å². The summed E-state index contributed by atoms with van der Waals surface area (Å²) in [5.74, 6) is -1.80. The SMILES string of the molecule is O=C(O)Cc1nc(Cl)cc(C(F)(F)F)n1. The second-order valence-corrected chi connectivity index (χ2v) is 2.95. The molecular formula is C7H4ClF3N2O2. The molecule has 0 unspecified atom stereocenters. The lowest BCUT2D eigenvalue weighted by molar-refractivity contribution is -0.142. The zero-order chi connectivity index (χ0) is 11.6. The molecule has 0 spiro atoms. The summed E-state index contributed by atoms with van der Waals surface area (Å²) in [5, 5.41) is 7.91. The van der Waals surface area contributed by atoms with Crippen molar-refractivity contribution in [3.8, 4) is 0 Å². The van der Waals surface area contributed by atoms with Gasteiger partial charge in [-0.15, -0.1) is 0 Å². The summed E-state index contributed by atoms with van der Waals surface area (Å²) < 4.78 is 36.6. The zero-order valence-electron chi connectivity index (χ0n) is 7.05. The van der Waals surface area contributed by atoms with Gasteiger partial charge in [-0.25, -0.2) is 9.97 Å². The molecule has 0 aliphatic rings. The Kier molecular flexibility index (Phi) is 3.13. The van der Waals surface area contributed by atoms with Gasteiger partial charge in [0.15, 0.2) is 0 Å². The van der Waals surface area contributed by atoms with Crippen LogP contribution in [0.1, 0.15) is 11.5 Å². The van der Waals surface area contributed by atoms with Crippen molar-refractivity contribution in [2.45, 2.75) is 12.6 Å². The molecule has 82 valence electrons. The maximum atomic E-state index is 12.2. The Morgan fingerprint density at radius 1 is 1.47 bits per heavy atom. The van der Waals surface area contributed by atoms with E-state index < -0.39 is 35.2 Å². The van der Waals surface area contributed by atoms with Crippen molar-refractivity contribution in [2.24, 2.45) is 0 Å². The lowest BCUT2D eigenvalue weighted by atomic mass is 10.3. The van der Waals surface area contributed by atoms with Crippen molar-refractivity contribution in [1.29, 1.82) is 0 Å². The molecule has 0 fully saturated rings. The quantitative estimate of drug-likeness (QED) is 0.801. The van der Waals surface area contributed by atoms with E-state index in [-0.39, 0.29) is 0 Å². The lowest BCUT2D eigenvalue weighted by Crippen LogP contribution is -2.13. The van der Waals surface area contributed by atoms with Crippen LogP contribution in [0.15, 0.2) is 6.07 Å². The molecule has 1 aromatic rings. The van der Waals surface area contributed by atoms with Gasteiger partial charge >= 0.3 is 12.1 Å². The fourth-order valence-corrected chi connectivity index (χ4v) is 1.03. The van der Waals surface area contributed by atoms with Crippen LogP contribution in [-0.4, -0.2) is 21.0 Å². The minimum absolute atomic E-state index is 0.437. The molecule has 0 saturated carbocycles. The van der Waals surface area contributed by atoms with Gasteiger partial charge in [0.25, 0.3) is 0 Å². The first-order valence-corrected chi connectivity index (χ1v) is 3.99. The first-order valence-electron chi connectivity index (χ1n) is 3.61. The van der Waals surface area contributed by atoms with Crippen LogP contribution >= 0.6 is 11.6 Å². The highest BCUT2D eigenvalue weighted by Gasteiger charge is 2.33. The van der Waals surface area contributed by atoms with E-state index in [4.69, 9.17) is 16.7 Å². The highest BCUT2D eigenvalue weighted by molar-refractivity contribution is 6.29. The van der Waals surface area contributed by atoms with Crippen molar-refractivity contribution in [3.63, 3.8) is 0 Å². The second-order valence-electron chi connectivity index (χ2n) is 2.56. The van der Waals surface area contributed by atoms with E-state index in [1.54, 1.807) is 0 Å². The maximum Gasteiger partial charge on any atom is 0.433 e. The third-order valence-corrected chi connectivity index (χ3v) is 1.53. The standard InChI is InChI=1S/C7H4ClF3N2O2/c8-4-1-3(7(9,10)11)12-5(13-4)2-6(14)15/h1H,2H2,(H,14,15). The Morgan fingerprint density at radius 2 is 2.07 bits per heavy atom. The highest BCUT2D eigenvalue weighted by Crippen LogP contribution is 2.28. The van der Waals surface area contributed by atoms with E-state index in [9.17, 15) is 18.0 Å². The molecular weight excluding hydrogens is 237 g/mol. The molecule has 0 saturated heterocycles. The summed E-state index contributed by atoms with van der Waals surface area (Å²) in [6.07, 6.45) is -5.37. The fraction of sp³-hybridized carbons (Fsp3) is 0.286. The van der Waals surface area contributed by atoms with Crippen molar-refractivity contribution >= 4 is 17.6 Å². The van der Waals surface area contributed by atoms with Crippen molar-refractivity contribution in [1.82, 2.24) is 9.97 Å². The molecule has 15 heavy (non-hydrogen) atoms. The van der Waals surface area contributed by atoms with Crippen molar-refractivity contribution in [3.05, 3.63) is 22.7 Å². The van der Waals surface area contributed by atoms with E-state index in [2.05, 4.69) is 9.97 Å². The van der Waals surface area contributed by atoms with E-state index >= 15 is 0 Å². The monoisotopic (exact) mass is 240 g/mol. The molecule has 0 aliphatic heterocycles. The number of aromatic nitrogens is 2. The number of halogens is 4. The molecule has 8 heteroatoms. The van der Waals surface area contributed by atoms with Gasteiger partial charge in [0, 0.05) is 6.07 Å². The molecule has 1 heterocycles. The van der Waals surface area contributed by atoms with Gasteiger partial charge in [-0.05, 0) is 0 Å². The van der Waals surface area contributed by atoms with Gasteiger partial charge in [0.2, 0.25) is 0 Å². The minimum Gasteiger partial charge on any atom is -0.481 e.